The van der Waals surface area contributed by atoms with Gasteiger partial charge in [0.25, 0.3) is 0 Å². The lowest BCUT2D eigenvalue weighted by Gasteiger charge is -2.31. The van der Waals surface area contributed by atoms with Crippen LogP contribution < -0.4 is 0 Å². The summed E-state index contributed by atoms with van der Waals surface area (Å²) in [4.78, 5) is 0. The Hall–Kier alpha value is -1.63. The highest BCUT2D eigenvalue weighted by molar-refractivity contribution is 6.79. The second-order valence-electron chi connectivity index (χ2n) is 7.18. The zero-order valence-electron chi connectivity index (χ0n) is 14.0. The van der Waals surface area contributed by atoms with Crippen LogP contribution >= 0.6 is 0 Å². The summed E-state index contributed by atoms with van der Waals surface area (Å²) in [5.74, 6) is 3.34. The molecule has 0 spiro atoms. The van der Waals surface area contributed by atoms with Gasteiger partial charge < -0.3 is 0 Å². The van der Waals surface area contributed by atoms with Crippen molar-refractivity contribution < 1.29 is 0 Å². The third-order valence-electron chi connectivity index (χ3n) is 4.53. The Morgan fingerprint density at radius 1 is 1.00 bits per heavy atom. The van der Waals surface area contributed by atoms with Gasteiger partial charge in [0.05, 0.1) is 0 Å². The van der Waals surface area contributed by atoms with Crippen molar-refractivity contribution in [1.29, 1.82) is 0 Å². The molecule has 1 nitrogen and oxygen atoms in total. The smallest absolute Gasteiger partial charge is 0.193 e. The Labute approximate surface area is 129 Å². The molecule has 0 radical (unpaired) electrons. The fraction of sp³-hybridized carbons (Fsp3) is 0.368. The first-order chi connectivity index (χ1) is 9.72. The monoisotopic (exact) mass is 295 g/mol. The van der Waals surface area contributed by atoms with E-state index in [4.69, 9.17) is 4.66 Å². The molecule has 0 saturated carbocycles. The first kappa shape index (κ1) is 15.8. The van der Waals surface area contributed by atoms with Crippen molar-refractivity contribution in [1.82, 2.24) is 0 Å². The number of nitrogens with zero attached hydrogens (tertiary/aromatic N) is 1. The van der Waals surface area contributed by atoms with E-state index in [9.17, 15) is 0 Å². The molecule has 0 aliphatic rings. The minimum Gasteiger partial charge on any atom is -0.283 e. The van der Waals surface area contributed by atoms with Gasteiger partial charge in [-0.15, -0.1) is 0 Å². The SMILES string of the molecule is CC(=C=N[Si](C)(C)C(C)(C)C)c1cccc2ccccc12. The lowest BCUT2D eigenvalue weighted by molar-refractivity contribution is 0.719. The number of hydrogen-bond donors (Lipinski definition) is 0. The number of hydrogen-bond acceptors (Lipinski definition) is 1. The highest BCUT2D eigenvalue weighted by Gasteiger charge is 2.35. The molecule has 0 aliphatic heterocycles. The summed E-state index contributed by atoms with van der Waals surface area (Å²) in [6, 6.07) is 14.9. The van der Waals surface area contributed by atoms with Gasteiger partial charge in [-0.25, -0.2) is 0 Å². The maximum atomic E-state index is 4.86. The molecule has 0 aliphatic carbocycles. The van der Waals surface area contributed by atoms with Crippen molar-refractivity contribution in [2.45, 2.75) is 45.8 Å². The molecule has 2 heteroatoms. The normalized spacial score (nSPS) is 12.1. The topological polar surface area (TPSA) is 12.4 Å². The molecule has 0 N–H and O–H groups in total. The molecule has 2 aromatic carbocycles. The van der Waals surface area contributed by atoms with Gasteiger partial charge in [0.2, 0.25) is 0 Å². The Kier molecular flexibility index (Phi) is 4.22. The van der Waals surface area contributed by atoms with Crippen molar-refractivity contribution in [2.24, 2.45) is 4.66 Å². The first-order valence-corrected chi connectivity index (χ1v) is 10.5. The number of allylic oxidation sites excluding steroid dienone is 1. The van der Waals surface area contributed by atoms with E-state index in [1.54, 1.807) is 0 Å². The van der Waals surface area contributed by atoms with E-state index in [0.717, 1.165) is 5.57 Å². The van der Waals surface area contributed by atoms with Gasteiger partial charge in [0, 0.05) is 5.57 Å². The van der Waals surface area contributed by atoms with Gasteiger partial charge in [-0.2, -0.15) is 0 Å². The zero-order chi connectivity index (χ0) is 15.7. The molecule has 0 bridgehead atoms. The maximum Gasteiger partial charge on any atom is 0.193 e. The van der Waals surface area contributed by atoms with Crippen LogP contribution in [0.2, 0.25) is 18.1 Å². The van der Waals surface area contributed by atoms with Gasteiger partial charge in [0.1, 0.15) is 0 Å². The average Bonchev–Trinajstić information content (AvgIpc) is 2.43. The van der Waals surface area contributed by atoms with Crippen molar-refractivity contribution in [3.05, 3.63) is 48.0 Å². The van der Waals surface area contributed by atoms with Crippen molar-refractivity contribution in [3.8, 4) is 0 Å². The van der Waals surface area contributed by atoms with E-state index >= 15 is 0 Å². The van der Waals surface area contributed by atoms with Crippen molar-refractivity contribution in [2.75, 3.05) is 0 Å². The van der Waals surface area contributed by atoms with E-state index in [2.05, 4.69) is 89.1 Å². The number of fused-ring (bicyclic) bond motifs is 1. The molecule has 0 heterocycles. The molecule has 0 aromatic heterocycles. The van der Waals surface area contributed by atoms with Crippen LogP contribution in [0, 0.1) is 0 Å². The molecule has 110 valence electrons. The van der Waals surface area contributed by atoms with Crippen LogP contribution in [0.25, 0.3) is 16.3 Å². The Bertz CT molecular complexity index is 708. The number of benzene rings is 2. The van der Waals surface area contributed by atoms with E-state index in [1.807, 2.05) is 0 Å². The van der Waals surface area contributed by atoms with Gasteiger partial charge in [-0.05, 0) is 47.3 Å². The van der Waals surface area contributed by atoms with Crippen LogP contribution in [-0.4, -0.2) is 14.1 Å². The Balaban J connectivity index is 2.52. The predicted molar refractivity (Wildman–Crippen MR) is 97.7 cm³/mol. The van der Waals surface area contributed by atoms with Gasteiger partial charge in [-0.1, -0.05) is 63.2 Å². The van der Waals surface area contributed by atoms with Crippen molar-refractivity contribution in [3.63, 3.8) is 0 Å². The molecular weight excluding hydrogens is 270 g/mol. The summed E-state index contributed by atoms with van der Waals surface area (Å²) in [7, 11) is -1.68. The fourth-order valence-corrected chi connectivity index (χ4v) is 2.79. The summed E-state index contributed by atoms with van der Waals surface area (Å²) in [6.45, 7) is 13.5. The second kappa shape index (κ2) is 5.63. The van der Waals surface area contributed by atoms with Crippen LogP contribution in [0.5, 0.6) is 0 Å². The molecule has 21 heavy (non-hydrogen) atoms. The number of rotatable bonds is 2. The largest absolute Gasteiger partial charge is 0.283 e. The quantitative estimate of drug-likeness (QED) is 0.482. The average molecular weight is 296 g/mol. The van der Waals surface area contributed by atoms with Crippen molar-refractivity contribution >= 4 is 30.5 Å². The standard InChI is InChI=1S/C19H25NSi/c1-15(14-20-21(5,6)19(2,3)4)17-13-9-11-16-10-7-8-12-18(16)17/h7-13H,1-6H3. The minimum absolute atomic E-state index is 0.249. The second-order valence-corrected chi connectivity index (χ2v) is 12.0. The maximum absolute atomic E-state index is 4.86. The third kappa shape index (κ3) is 3.34. The van der Waals surface area contributed by atoms with Crippen LogP contribution in [0.1, 0.15) is 33.3 Å². The lowest BCUT2D eigenvalue weighted by atomic mass is 10.0. The van der Waals surface area contributed by atoms with Crippen LogP contribution in [0.3, 0.4) is 0 Å². The molecule has 0 fully saturated rings. The summed E-state index contributed by atoms with van der Waals surface area (Å²) in [6.07, 6.45) is 0. The van der Waals surface area contributed by atoms with E-state index in [0.29, 0.717) is 0 Å². The van der Waals surface area contributed by atoms with Crippen LogP contribution in [0.15, 0.2) is 47.1 Å². The van der Waals surface area contributed by atoms with E-state index in [-0.39, 0.29) is 5.04 Å². The third-order valence-corrected chi connectivity index (χ3v) is 8.87. The highest BCUT2D eigenvalue weighted by atomic mass is 28.3. The molecule has 2 aromatic rings. The molecule has 0 unspecified atom stereocenters. The van der Waals surface area contributed by atoms with E-state index in [1.165, 1.54) is 16.3 Å². The molecule has 0 amide bonds. The fourth-order valence-electron chi connectivity index (χ4n) is 2.00. The molecular formula is C19H25NSi. The Morgan fingerprint density at radius 3 is 2.29 bits per heavy atom. The van der Waals surface area contributed by atoms with Crippen LogP contribution in [-0.2, 0) is 0 Å². The summed E-state index contributed by atoms with van der Waals surface area (Å²) < 4.78 is 4.86. The molecule has 0 atom stereocenters. The minimum atomic E-state index is -1.68. The Morgan fingerprint density at radius 2 is 1.62 bits per heavy atom. The molecule has 0 saturated heterocycles. The summed E-state index contributed by atoms with van der Waals surface area (Å²) in [5.41, 5.74) is 2.35. The van der Waals surface area contributed by atoms with E-state index < -0.39 is 8.24 Å². The van der Waals surface area contributed by atoms with Gasteiger partial charge in [-0.3, -0.25) is 4.66 Å². The summed E-state index contributed by atoms with van der Waals surface area (Å²) >= 11 is 0. The highest BCUT2D eigenvalue weighted by Crippen LogP contribution is 2.36. The zero-order valence-corrected chi connectivity index (χ0v) is 15.0. The first-order valence-electron chi connectivity index (χ1n) is 7.52. The van der Waals surface area contributed by atoms with Gasteiger partial charge in [0.15, 0.2) is 8.24 Å². The van der Waals surface area contributed by atoms with Gasteiger partial charge >= 0.3 is 0 Å². The summed E-state index contributed by atoms with van der Waals surface area (Å²) in [5, 5.41) is 2.79. The van der Waals surface area contributed by atoms with Crippen LogP contribution in [0.4, 0.5) is 0 Å². The predicted octanol–water partition coefficient (Wildman–Crippen LogP) is 5.92. The molecule has 2 rings (SSSR count). The lowest BCUT2D eigenvalue weighted by Crippen LogP contribution is -2.34.